The Balaban J connectivity index is 1.24. The third-order valence-electron chi connectivity index (χ3n) is 5.47. The van der Waals surface area contributed by atoms with Gasteiger partial charge in [-0.25, -0.2) is 4.98 Å². The van der Waals surface area contributed by atoms with Crippen molar-refractivity contribution in [3.05, 3.63) is 81.9 Å². The number of thiazole rings is 1. The van der Waals surface area contributed by atoms with Crippen molar-refractivity contribution in [3.63, 3.8) is 0 Å². The van der Waals surface area contributed by atoms with Gasteiger partial charge in [-0.2, -0.15) is 0 Å². The zero-order valence-electron chi connectivity index (χ0n) is 16.9. The molecule has 160 valence electrons. The number of fused-ring (bicyclic) bond motifs is 2. The smallest absolute Gasteiger partial charge is 0.262 e. The van der Waals surface area contributed by atoms with Crippen LogP contribution in [0.15, 0.2) is 54.6 Å². The maximum atomic E-state index is 12.7. The molecule has 32 heavy (non-hydrogen) atoms. The molecule has 8 nitrogen and oxygen atoms in total. The lowest BCUT2D eigenvalue weighted by atomic mass is 10.1. The second kappa shape index (κ2) is 8.01. The number of amides is 4. The second-order valence-electron chi connectivity index (χ2n) is 7.52. The first kappa shape index (κ1) is 20.1. The van der Waals surface area contributed by atoms with Crippen molar-refractivity contribution in [2.45, 2.75) is 13.0 Å². The van der Waals surface area contributed by atoms with Crippen LogP contribution in [0.1, 0.15) is 41.6 Å². The Bertz CT molecular complexity index is 1220. The Morgan fingerprint density at radius 2 is 1.62 bits per heavy atom. The van der Waals surface area contributed by atoms with Crippen LogP contribution >= 0.6 is 11.3 Å². The summed E-state index contributed by atoms with van der Waals surface area (Å²) in [5.74, 6) is -1.49. The van der Waals surface area contributed by atoms with Gasteiger partial charge in [0.25, 0.3) is 17.7 Å². The number of benzene rings is 2. The monoisotopic (exact) mass is 446 g/mol. The molecule has 0 aliphatic carbocycles. The summed E-state index contributed by atoms with van der Waals surface area (Å²) in [6.45, 7) is 0.594. The van der Waals surface area contributed by atoms with Gasteiger partial charge in [-0.15, -0.1) is 0 Å². The highest BCUT2D eigenvalue weighted by molar-refractivity contribution is 7.15. The lowest BCUT2D eigenvalue weighted by molar-refractivity contribution is -0.116. The van der Waals surface area contributed by atoms with Crippen LogP contribution in [0.4, 0.5) is 5.13 Å². The molecule has 0 unspecified atom stereocenters. The van der Waals surface area contributed by atoms with Crippen molar-refractivity contribution in [2.24, 2.45) is 0 Å². The molecule has 3 heterocycles. The van der Waals surface area contributed by atoms with E-state index in [1.807, 2.05) is 18.2 Å². The Kier molecular flexibility index (Phi) is 5.02. The van der Waals surface area contributed by atoms with Gasteiger partial charge in [0.05, 0.1) is 23.4 Å². The molecule has 9 heteroatoms. The topological polar surface area (TPSA) is 99.7 Å². The molecular formula is C23H18N4O4S. The van der Waals surface area contributed by atoms with E-state index in [1.54, 1.807) is 41.3 Å². The Labute approximate surface area is 187 Å². The summed E-state index contributed by atoms with van der Waals surface area (Å²) in [7, 11) is 0. The SMILES string of the molecule is O=C(CN1C(=O)c2ccccc2C1=O)Nc1nc2c(s1)CN(C(=O)c1ccccc1)CC2. The maximum absolute atomic E-state index is 12.7. The fraction of sp³-hybridized carbons (Fsp3) is 0.174. The van der Waals surface area contributed by atoms with E-state index in [2.05, 4.69) is 10.3 Å². The number of nitrogens with zero attached hydrogens (tertiary/aromatic N) is 3. The molecule has 0 saturated heterocycles. The molecule has 1 N–H and O–H groups in total. The van der Waals surface area contributed by atoms with Crippen LogP contribution in [0.5, 0.6) is 0 Å². The number of aromatic nitrogens is 1. The van der Waals surface area contributed by atoms with Crippen molar-refractivity contribution in [1.82, 2.24) is 14.8 Å². The highest BCUT2D eigenvalue weighted by Crippen LogP contribution is 2.29. The van der Waals surface area contributed by atoms with Gasteiger partial charge in [-0.1, -0.05) is 41.7 Å². The molecule has 0 atom stereocenters. The molecule has 2 aliphatic rings. The number of nitrogens with one attached hydrogen (secondary N) is 1. The average molecular weight is 446 g/mol. The van der Waals surface area contributed by atoms with Crippen LogP contribution in [0.2, 0.25) is 0 Å². The molecule has 0 saturated carbocycles. The number of carbonyl (C=O) groups is 4. The molecule has 0 fully saturated rings. The summed E-state index contributed by atoms with van der Waals surface area (Å²) in [6.07, 6.45) is 0.596. The number of imide groups is 1. The standard InChI is InChI=1S/C23H18N4O4S/c28-19(13-27-21(30)15-8-4-5-9-16(15)22(27)31)25-23-24-17-10-11-26(12-18(17)32-23)20(29)14-6-2-1-3-7-14/h1-9H,10-13H2,(H,24,25,28). The lowest BCUT2D eigenvalue weighted by Gasteiger charge is -2.26. The van der Waals surface area contributed by atoms with Gasteiger partial charge < -0.3 is 10.2 Å². The van der Waals surface area contributed by atoms with E-state index in [-0.39, 0.29) is 12.5 Å². The zero-order valence-corrected chi connectivity index (χ0v) is 17.7. The van der Waals surface area contributed by atoms with E-state index in [1.165, 1.54) is 11.3 Å². The third-order valence-corrected chi connectivity index (χ3v) is 6.46. The first-order valence-electron chi connectivity index (χ1n) is 10.1. The first-order valence-corrected chi connectivity index (χ1v) is 10.9. The largest absolute Gasteiger partial charge is 0.333 e. The van der Waals surface area contributed by atoms with Crippen LogP contribution in [0.3, 0.4) is 0 Å². The molecule has 5 rings (SSSR count). The van der Waals surface area contributed by atoms with E-state index < -0.39 is 17.7 Å². The molecular weight excluding hydrogens is 428 g/mol. The number of hydrogen-bond donors (Lipinski definition) is 1. The van der Waals surface area contributed by atoms with Crippen LogP contribution in [-0.2, 0) is 17.8 Å². The number of anilines is 1. The normalized spacial score (nSPS) is 14.9. The highest BCUT2D eigenvalue weighted by atomic mass is 32.1. The van der Waals surface area contributed by atoms with Crippen LogP contribution in [0.25, 0.3) is 0 Å². The van der Waals surface area contributed by atoms with Gasteiger partial charge in [-0.3, -0.25) is 24.1 Å². The van der Waals surface area contributed by atoms with Crippen LogP contribution in [0, 0.1) is 0 Å². The summed E-state index contributed by atoms with van der Waals surface area (Å²) in [5, 5.41) is 3.08. The molecule has 2 aromatic carbocycles. The minimum Gasteiger partial charge on any atom is -0.333 e. The van der Waals surface area contributed by atoms with Gasteiger partial charge in [0, 0.05) is 23.4 Å². The fourth-order valence-electron chi connectivity index (χ4n) is 3.87. The second-order valence-corrected chi connectivity index (χ2v) is 8.61. The molecule has 2 aliphatic heterocycles. The Morgan fingerprint density at radius 1 is 0.969 bits per heavy atom. The van der Waals surface area contributed by atoms with Crippen molar-refractivity contribution in [3.8, 4) is 0 Å². The summed E-state index contributed by atoms with van der Waals surface area (Å²) >= 11 is 1.30. The molecule has 4 amide bonds. The van der Waals surface area contributed by atoms with Gasteiger partial charge in [0.1, 0.15) is 6.54 Å². The van der Waals surface area contributed by atoms with Crippen molar-refractivity contribution >= 4 is 40.1 Å². The molecule has 0 radical (unpaired) electrons. The quantitative estimate of drug-likeness (QED) is 0.621. The lowest BCUT2D eigenvalue weighted by Crippen LogP contribution is -2.37. The zero-order chi connectivity index (χ0) is 22.2. The van der Waals surface area contributed by atoms with Gasteiger partial charge in [0.2, 0.25) is 5.91 Å². The molecule has 3 aromatic rings. The van der Waals surface area contributed by atoms with E-state index in [9.17, 15) is 19.2 Å². The van der Waals surface area contributed by atoms with Crippen LogP contribution < -0.4 is 5.32 Å². The van der Waals surface area contributed by atoms with E-state index >= 15 is 0 Å². The third kappa shape index (κ3) is 3.56. The summed E-state index contributed by atoms with van der Waals surface area (Å²) in [6, 6.07) is 15.6. The molecule has 0 spiro atoms. The Morgan fingerprint density at radius 3 is 2.31 bits per heavy atom. The summed E-state index contributed by atoms with van der Waals surface area (Å²) < 4.78 is 0. The summed E-state index contributed by atoms with van der Waals surface area (Å²) in [5.41, 5.74) is 2.09. The van der Waals surface area contributed by atoms with Crippen molar-refractivity contribution in [2.75, 3.05) is 18.4 Å². The predicted molar refractivity (Wildman–Crippen MR) is 117 cm³/mol. The average Bonchev–Trinajstić information content (AvgIpc) is 3.32. The van der Waals surface area contributed by atoms with E-state index in [0.717, 1.165) is 15.5 Å². The minimum absolute atomic E-state index is 0.0409. The summed E-state index contributed by atoms with van der Waals surface area (Å²) in [4.78, 5) is 58.2. The van der Waals surface area contributed by atoms with E-state index in [0.29, 0.717) is 41.3 Å². The van der Waals surface area contributed by atoms with E-state index in [4.69, 9.17) is 0 Å². The number of carbonyl (C=O) groups excluding carboxylic acids is 4. The van der Waals surface area contributed by atoms with Gasteiger partial charge >= 0.3 is 0 Å². The van der Waals surface area contributed by atoms with Gasteiger partial charge in [0.15, 0.2) is 5.13 Å². The molecule has 0 bridgehead atoms. The Hall–Kier alpha value is -3.85. The highest BCUT2D eigenvalue weighted by Gasteiger charge is 2.36. The first-order chi connectivity index (χ1) is 15.5. The number of rotatable bonds is 4. The van der Waals surface area contributed by atoms with Crippen LogP contribution in [-0.4, -0.2) is 51.5 Å². The van der Waals surface area contributed by atoms with Crippen molar-refractivity contribution in [1.29, 1.82) is 0 Å². The minimum atomic E-state index is -0.497. The predicted octanol–water partition coefficient (Wildman–Crippen LogP) is 2.58. The fourth-order valence-corrected chi connectivity index (χ4v) is 4.91. The number of hydrogen-bond acceptors (Lipinski definition) is 6. The van der Waals surface area contributed by atoms with Crippen molar-refractivity contribution < 1.29 is 19.2 Å². The molecule has 1 aromatic heterocycles. The maximum Gasteiger partial charge on any atom is 0.262 e. The van der Waals surface area contributed by atoms with Gasteiger partial charge in [-0.05, 0) is 24.3 Å².